The number of thiophene rings is 1. The molecule has 1 aromatic carbocycles. The van der Waals surface area contributed by atoms with Gasteiger partial charge in [-0.1, -0.05) is 22.0 Å². The summed E-state index contributed by atoms with van der Waals surface area (Å²) in [6.07, 6.45) is 0. The lowest BCUT2D eigenvalue weighted by Crippen LogP contribution is -2.48. The number of benzene rings is 1. The summed E-state index contributed by atoms with van der Waals surface area (Å²) >= 11 is 5.16. The Labute approximate surface area is 149 Å². The molecule has 1 saturated heterocycles. The summed E-state index contributed by atoms with van der Waals surface area (Å²) in [6, 6.07) is 9.87. The highest BCUT2D eigenvalue weighted by atomic mass is 79.9. The Kier molecular flexibility index (Phi) is 5.83. The number of piperazine rings is 1. The van der Waals surface area contributed by atoms with Crippen molar-refractivity contribution in [2.75, 3.05) is 38.0 Å². The first-order chi connectivity index (χ1) is 11.2. The maximum Gasteiger partial charge on any atom is 0.238 e. The molecule has 1 fully saturated rings. The van der Waals surface area contributed by atoms with E-state index in [1.54, 1.807) is 11.3 Å². The molecule has 1 N–H and O–H groups in total. The topological polar surface area (TPSA) is 35.6 Å². The lowest BCUT2D eigenvalue weighted by Gasteiger charge is -2.34. The predicted octanol–water partition coefficient (Wildman–Crippen LogP) is 3.27. The van der Waals surface area contributed by atoms with Crippen LogP contribution in [0.4, 0.5) is 5.69 Å². The van der Waals surface area contributed by atoms with E-state index in [1.807, 2.05) is 24.3 Å². The summed E-state index contributed by atoms with van der Waals surface area (Å²) in [7, 11) is 0. The molecule has 0 atom stereocenters. The van der Waals surface area contributed by atoms with Gasteiger partial charge in [-0.3, -0.25) is 14.6 Å². The van der Waals surface area contributed by atoms with Crippen molar-refractivity contribution < 1.29 is 4.79 Å². The molecule has 1 aromatic heterocycles. The zero-order chi connectivity index (χ0) is 16.1. The minimum atomic E-state index is 0.0504. The molecule has 0 radical (unpaired) electrons. The largest absolute Gasteiger partial charge is 0.325 e. The van der Waals surface area contributed by atoms with Gasteiger partial charge in [-0.2, -0.15) is 11.3 Å². The lowest BCUT2D eigenvalue weighted by molar-refractivity contribution is -0.117. The smallest absolute Gasteiger partial charge is 0.238 e. The van der Waals surface area contributed by atoms with Crippen LogP contribution < -0.4 is 5.32 Å². The van der Waals surface area contributed by atoms with Crippen molar-refractivity contribution in [2.24, 2.45) is 0 Å². The van der Waals surface area contributed by atoms with Crippen molar-refractivity contribution in [3.63, 3.8) is 0 Å². The van der Waals surface area contributed by atoms with Crippen LogP contribution in [0.1, 0.15) is 5.56 Å². The van der Waals surface area contributed by atoms with Crippen LogP contribution in [0, 0.1) is 0 Å². The Balaban J connectivity index is 1.42. The molecule has 3 rings (SSSR count). The standard InChI is InChI=1S/C17H20BrN3OS/c18-15-2-1-3-16(10-15)19-17(22)12-21-7-5-20(6-8-21)11-14-4-9-23-13-14/h1-4,9-10,13H,5-8,11-12H2,(H,19,22). The van der Waals surface area contributed by atoms with E-state index in [0.29, 0.717) is 6.54 Å². The highest BCUT2D eigenvalue weighted by molar-refractivity contribution is 9.10. The minimum absolute atomic E-state index is 0.0504. The molecule has 0 saturated carbocycles. The van der Waals surface area contributed by atoms with Crippen LogP contribution in [0.15, 0.2) is 45.6 Å². The number of hydrogen-bond donors (Lipinski definition) is 1. The lowest BCUT2D eigenvalue weighted by atomic mass is 10.2. The van der Waals surface area contributed by atoms with Gasteiger partial charge in [0.25, 0.3) is 0 Å². The number of halogens is 1. The van der Waals surface area contributed by atoms with Crippen molar-refractivity contribution >= 4 is 38.9 Å². The summed E-state index contributed by atoms with van der Waals surface area (Å²) in [5.41, 5.74) is 2.22. The second kappa shape index (κ2) is 8.06. The quantitative estimate of drug-likeness (QED) is 0.846. The average Bonchev–Trinajstić information content (AvgIpc) is 3.02. The Morgan fingerprint density at radius 2 is 1.96 bits per heavy atom. The van der Waals surface area contributed by atoms with E-state index in [0.717, 1.165) is 42.9 Å². The van der Waals surface area contributed by atoms with Crippen LogP contribution in [0.3, 0.4) is 0 Å². The van der Waals surface area contributed by atoms with E-state index >= 15 is 0 Å². The van der Waals surface area contributed by atoms with Gasteiger partial charge < -0.3 is 5.32 Å². The summed E-state index contributed by atoms with van der Waals surface area (Å²) in [6.45, 7) is 5.38. The molecular formula is C17H20BrN3OS. The van der Waals surface area contributed by atoms with Crippen molar-refractivity contribution in [1.29, 1.82) is 0 Å². The normalized spacial score (nSPS) is 16.4. The molecule has 0 unspecified atom stereocenters. The van der Waals surface area contributed by atoms with E-state index in [-0.39, 0.29) is 5.91 Å². The molecule has 4 nitrogen and oxygen atoms in total. The molecule has 122 valence electrons. The highest BCUT2D eigenvalue weighted by Crippen LogP contribution is 2.16. The van der Waals surface area contributed by atoms with E-state index in [9.17, 15) is 4.79 Å². The Hall–Kier alpha value is -1.21. The maximum atomic E-state index is 12.1. The number of hydrogen-bond acceptors (Lipinski definition) is 4. The second-order valence-electron chi connectivity index (χ2n) is 5.74. The molecule has 0 aliphatic carbocycles. The van der Waals surface area contributed by atoms with Crippen LogP contribution in [-0.2, 0) is 11.3 Å². The fraction of sp³-hybridized carbons (Fsp3) is 0.353. The van der Waals surface area contributed by atoms with Gasteiger partial charge in [-0.25, -0.2) is 0 Å². The number of carbonyl (C=O) groups excluding carboxylic acids is 1. The van der Waals surface area contributed by atoms with E-state index in [4.69, 9.17) is 0 Å². The third-order valence-electron chi connectivity index (χ3n) is 3.93. The third-order valence-corrected chi connectivity index (χ3v) is 5.15. The van der Waals surface area contributed by atoms with Crippen molar-refractivity contribution in [3.05, 3.63) is 51.1 Å². The van der Waals surface area contributed by atoms with Crippen LogP contribution in [0.25, 0.3) is 0 Å². The molecule has 6 heteroatoms. The molecule has 1 amide bonds. The summed E-state index contributed by atoms with van der Waals surface area (Å²) in [4.78, 5) is 16.8. The predicted molar refractivity (Wildman–Crippen MR) is 98.8 cm³/mol. The monoisotopic (exact) mass is 393 g/mol. The molecule has 1 aliphatic heterocycles. The third kappa shape index (κ3) is 5.14. The molecule has 0 spiro atoms. The average molecular weight is 394 g/mol. The van der Waals surface area contributed by atoms with Gasteiger partial charge >= 0.3 is 0 Å². The molecule has 1 aliphatic rings. The zero-order valence-corrected chi connectivity index (χ0v) is 15.3. The highest BCUT2D eigenvalue weighted by Gasteiger charge is 2.19. The first kappa shape index (κ1) is 16.6. The van der Waals surface area contributed by atoms with Gasteiger partial charge in [0, 0.05) is 42.9 Å². The first-order valence-electron chi connectivity index (χ1n) is 7.70. The summed E-state index contributed by atoms with van der Waals surface area (Å²) in [5.74, 6) is 0.0504. The van der Waals surface area contributed by atoms with Crippen LogP contribution in [-0.4, -0.2) is 48.4 Å². The van der Waals surface area contributed by atoms with E-state index < -0.39 is 0 Å². The fourth-order valence-electron chi connectivity index (χ4n) is 2.72. The van der Waals surface area contributed by atoms with Gasteiger partial charge in [-0.05, 0) is 40.6 Å². The van der Waals surface area contributed by atoms with Crippen molar-refractivity contribution in [1.82, 2.24) is 9.80 Å². The van der Waals surface area contributed by atoms with Crippen LogP contribution >= 0.6 is 27.3 Å². The van der Waals surface area contributed by atoms with Crippen molar-refractivity contribution in [2.45, 2.75) is 6.54 Å². The Morgan fingerprint density at radius 1 is 1.17 bits per heavy atom. The summed E-state index contributed by atoms with van der Waals surface area (Å²) in [5, 5.41) is 7.28. The van der Waals surface area contributed by atoms with Crippen molar-refractivity contribution in [3.8, 4) is 0 Å². The fourth-order valence-corrected chi connectivity index (χ4v) is 3.78. The number of nitrogens with one attached hydrogen (secondary N) is 1. The second-order valence-corrected chi connectivity index (χ2v) is 7.44. The molecule has 0 bridgehead atoms. The SMILES string of the molecule is O=C(CN1CCN(Cc2ccsc2)CC1)Nc1cccc(Br)c1. The number of nitrogens with zero attached hydrogens (tertiary/aromatic N) is 2. The van der Waals surface area contributed by atoms with Gasteiger partial charge in [0.15, 0.2) is 0 Å². The van der Waals surface area contributed by atoms with E-state index in [1.165, 1.54) is 5.56 Å². The zero-order valence-electron chi connectivity index (χ0n) is 12.9. The molecule has 2 aromatic rings. The van der Waals surface area contributed by atoms with Gasteiger partial charge in [-0.15, -0.1) is 0 Å². The molecule has 23 heavy (non-hydrogen) atoms. The van der Waals surface area contributed by atoms with E-state index in [2.05, 4.69) is 47.9 Å². The van der Waals surface area contributed by atoms with Gasteiger partial charge in [0.2, 0.25) is 5.91 Å². The summed E-state index contributed by atoms with van der Waals surface area (Å²) < 4.78 is 0.970. The maximum absolute atomic E-state index is 12.1. The minimum Gasteiger partial charge on any atom is -0.325 e. The molecular weight excluding hydrogens is 374 g/mol. The van der Waals surface area contributed by atoms with Gasteiger partial charge in [0.05, 0.1) is 6.54 Å². The van der Waals surface area contributed by atoms with Crippen LogP contribution in [0.2, 0.25) is 0 Å². The Bertz CT molecular complexity index is 639. The first-order valence-corrected chi connectivity index (χ1v) is 9.44. The number of anilines is 1. The van der Waals surface area contributed by atoms with Gasteiger partial charge in [0.1, 0.15) is 0 Å². The number of rotatable bonds is 5. The molecule has 2 heterocycles. The number of amides is 1. The Morgan fingerprint density at radius 3 is 2.65 bits per heavy atom. The van der Waals surface area contributed by atoms with Crippen LogP contribution in [0.5, 0.6) is 0 Å². The number of carbonyl (C=O) groups is 1.